The van der Waals surface area contributed by atoms with Crippen LogP contribution in [0.25, 0.3) is 0 Å². The summed E-state index contributed by atoms with van der Waals surface area (Å²) in [5, 5.41) is 0. The average molecular weight is 236 g/mol. The highest BCUT2D eigenvalue weighted by Gasteiger charge is 1.83. The Morgan fingerprint density at radius 3 is 2.29 bits per heavy atom. The SMILES string of the molecule is CCCCCC=CCC=CC/C=C\OC(C)=O. The second kappa shape index (κ2) is 12.8. The van der Waals surface area contributed by atoms with Crippen molar-refractivity contribution in [2.75, 3.05) is 0 Å². The van der Waals surface area contributed by atoms with Crippen molar-refractivity contribution in [2.45, 2.75) is 52.4 Å². The quantitative estimate of drug-likeness (QED) is 0.254. The van der Waals surface area contributed by atoms with E-state index >= 15 is 0 Å². The van der Waals surface area contributed by atoms with Crippen LogP contribution in [0.4, 0.5) is 0 Å². The van der Waals surface area contributed by atoms with Crippen molar-refractivity contribution in [1.82, 2.24) is 0 Å². The van der Waals surface area contributed by atoms with Crippen LogP contribution in [0, 0.1) is 0 Å². The molecule has 0 saturated heterocycles. The van der Waals surface area contributed by atoms with E-state index in [0.29, 0.717) is 0 Å². The predicted molar refractivity (Wildman–Crippen MR) is 72.6 cm³/mol. The molecule has 0 unspecified atom stereocenters. The lowest BCUT2D eigenvalue weighted by Gasteiger charge is -1.90. The molecule has 0 aromatic rings. The maximum atomic E-state index is 10.4. The van der Waals surface area contributed by atoms with E-state index in [2.05, 4.69) is 36.0 Å². The molecule has 0 N–H and O–H groups in total. The summed E-state index contributed by atoms with van der Waals surface area (Å²) in [7, 11) is 0. The number of allylic oxidation sites excluding steroid dienone is 5. The Morgan fingerprint density at radius 1 is 1.00 bits per heavy atom. The molecule has 0 heterocycles. The van der Waals surface area contributed by atoms with Crippen molar-refractivity contribution in [3.63, 3.8) is 0 Å². The van der Waals surface area contributed by atoms with Gasteiger partial charge in [-0.25, -0.2) is 0 Å². The molecule has 0 atom stereocenters. The van der Waals surface area contributed by atoms with Gasteiger partial charge in [0, 0.05) is 6.92 Å². The smallest absolute Gasteiger partial charge is 0.307 e. The molecule has 0 fully saturated rings. The van der Waals surface area contributed by atoms with E-state index in [1.165, 1.54) is 38.9 Å². The summed E-state index contributed by atoms with van der Waals surface area (Å²) in [6.45, 7) is 3.61. The summed E-state index contributed by atoms with van der Waals surface area (Å²) < 4.78 is 4.66. The summed E-state index contributed by atoms with van der Waals surface area (Å²) in [6.07, 6.45) is 18.8. The van der Waals surface area contributed by atoms with Gasteiger partial charge in [0.25, 0.3) is 0 Å². The van der Waals surface area contributed by atoms with Crippen molar-refractivity contribution in [1.29, 1.82) is 0 Å². The van der Waals surface area contributed by atoms with Gasteiger partial charge in [-0.1, -0.05) is 44.1 Å². The molecule has 0 aliphatic carbocycles. The van der Waals surface area contributed by atoms with Crippen LogP contribution in [0.1, 0.15) is 52.4 Å². The first-order valence-electron chi connectivity index (χ1n) is 6.39. The number of esters is 1. The second-order valence-corrected chi connectivity index (χ2v) is 3.89. The topological polar surface area (TPSA) is 26.3 Å². The maximum absolute atomic E-state index is 10.4. The van der Waals surface area contributed by atoms with Gasteiger partial charge in [-0.05, 0) is 31.8 Å². The van der Waals surface area contributed by atoms with E-state index < -0.39 is 0 Å². The molecule has 96 valence electrons. The molecule has 2 nitrogen and oxygen atoms in total. The van der Waals surface area contributed by atoms with E-state index in [0.717, 1.165) is 12.8 Å². The number of carbonyl (C=O) groups excluding carboxylic acids is 1. The average Bonchev–Trinajstić information content (AvgIpc) is 2.30. The zero-order chi connectivity index (χ0) is 12.8. The molecule has 0 amide bonds. The van der Waals surface area contributed by atoms with Crippen LogP contribution in [0.2, 0.25) is 0 Å². The molecule has 17 heavy (non-hydrogen) atoms. The van der Waals surface area contributed by atoms with Gasteiger partial charge >= 0.3 is 5.97 Å². The minimum Gasteiger partial charge on any atom is -0.435 e. The Bertz CT molecular complexity index is 262. The van der Waals surface area contributed by atoms with Crippen molar-refractivity contribution in [3.8, 4) is 0 Å². The monoisotopic (exact) mass is 236 g/mol. The van der Waals surface area contributed by atoms with Gasteiger partial charge in [0.1, 0.15) is 0 Å². The van der Waals surface area contributed by atoms with Gasteiger partial charge in [-0.3, -0.25) is 4.79 Å². The minimum absolute atomic E-state index is 0.278. The fraction of sp³-hybridized carbons (Fsp3) is 0.533. The largest absolute Gasteiger partial charge is 0.435 e. The third-order valence-electron chi connectivity index (χ3n) is 2.18. The van der Waals surface area contributed by atoms with E-state index in [9.17, 15) is 4.79 Å². The van der Waals surface area contributed by atoms with E-state index in [4.69, 9.17) is 0 Å². The van der Waals surface area contributed by atoms with Crippen molar-refractivity contribution in [3.05, 3.63) is 36.6 Å². The zero-order valence-electron chi connectivity index (χ0n) is 11.0. The molecular weight excluding hydrogens is 212 g/mol. The predicted octanol–water partition coefficient (Wildman–Crippen LogP) is 4.54. The number of carbonyl (C=O) groups is 1. The molecule has 0 saturated carbocycles. The van der Waals surface area contributed by atoms with Crippen LogP contribution in [-0.2, 0) is 9.53 Å². The number of ether oxygens (including phenoxy) is 1. The Labute approximate surface area is 105 Å². The van der Waals surface area contributed by atoms with Crippen molar-refractivity contribution >= 4 is 5.97 Å². The Kier molecular flexibility index (Phi) is 11.8. The van der Waals surface area contributed by atoms with Gasteiger partial charge in [0.05, 0.1) is 6.26 Å². The first kappa shape index (κ1) is 15.7. The molecule has 0 aromatic carbocycles. The molecular formula is C15H24O2. The Morgan fingerprint density at radius 2 is 1.65 bits per heavy atom. The summed E-state index contributed by atoms with van der Waals surface area (Å²) in [6, 6.07) is 0. The lowest BCUT2D eigenvalue weighted by Crippen LogP contribution is -1.88. The fourth-order valence-corrected chi connectivity index (χ4v) is 1.28. The highest BCUT2D eigenvalue weighted by Crippen LogP contribution is 2.00. The molecule has 0 aliphatic heterocycles. The van der Waals surface area contributed by atoms with Gasteiger partial charge < -0.3 is 4.74 Å². The van der Waals surface area contributed by atoms with Crippen molar-refractivity contribution in [2.24, 2.45) is 0 Å². The number of rotatable bonds is 9. The summed E-state index contributed by atoms with van der Waals surface area (Å²) >= 11 is 0. The standard InChI is InChI=1S/C15H24O2/c1-3-4-5-6-7-8-9-10-11-12-13-14-17-15(2)16/h7-8,10-11,13-14H,3-6,9,12H2,1-2H3/b8-7?,11-10?,14-13-. The van der Waals surface area contributed by atoms with Gasteiger partial charge in [0.2, 0.25) is 0 Å². The lowest BCUT2D eigenvalue weighted by molar-refractivity contribution is -0.135. The Hall–Kier alpha value is -1.31. The third-order valence-corrected chi connectivity index (χ3v) is 2.18. The normalized spacial score (nSPS) is 11.9. The van der Waals surface area contributed by atoms with Crippen LogP contribution < -0.4 is 0 Å². The third kappa shape index (κ3) is 14.7. The number of hydrogen-bond donors (Lipinski definition) is 0. The Balaban J connectivity index is 3.35. The number of hydrogen-bond acceptors (Lipinski definition) is 2. The molecule has 0 spiro atoms. The first-order chi connectivity index (χ1) is 8.27. The van der Waals surface area contributed by atoms with E-state index in [1.54, 1.807) is 0 Å². The second-order valence-electron chi connectivity index (χ2n) is 3.89. The van der Waals surface area contributed by atoms with Gasteiger partial charge in [-0.15, -0.1) is 0 Å². The molecule has 0 bridgehead atoms. The van der Waals surface area contributed by atoms with E-state index in [1.807, 2.05) is 6.08 Å². The number of unbranched alkanes of at least 4 members (excludes halogenated alkanes) is 3. The summed E-state index contributed by atoms with van der Waals surface area (Å²) in [5.41, 5.74) is 0. The molecule has 0 aromatic heterocycles. The van der Waals surface area contributed by atoms with E-state index in [-0.39, 0.29) is 5.97 Å². The molecule has 2 heteroatoms. The fourth-order valence-electron chi connectivity index (χ4n) is 1.28. The molecule has 0 radical (unpaired) electrons. The molecule has 0 rings (SSSR count). The summed E-state index contributed by atoms with van der Waals surface area (Å²) in [4.78, 5) is 10.4. The highest BCUT2D eigenvalue weighted by atomic mass is 16.5. The van der Waals surface area contributed by atoms with Gasteiger partial charge in [0.15, 0.2) is 0 Å². The minimum atomic E-state index is -0.278. The first-order valence-corrected chi connectivity index (χ1v) is 6.39. The zero-order valence-corrected chi connectivity index (χ0v) is 11.0. The van der Waals surface area contributed by atoms with Crippen LogP contribution in [0.3, 0.4) is 0 Å². The molecule has 0 aliphatic rings. The highest BCUT2D eigenvalue weighted by molar-refractivity contribution is 5.66. The summed E-state index contributed by atoms with van der Waals surface area (Å²) in [5.74, 6) is -0.278. The van der Waals surface area contributed by atoms with Crippen LogP contribution >= 0.6 is 0 Å². The van der Waals surface area contributed by atoms with Crippen LogP contribution in [0.5, 0.6) is 0 Å². The van der Waals surface area contributed by atoms with Crippen LogP contribution in [0.15, 0.2) is 36.6 Å². The van der Waals surface area contributed by atoms with Gasteiger partial charge in [-0.2, -0.15) is 0 Å². The van der Waals surface area contributed by atoms with Crippen LogP contribution in [-0.4, -0.2) is 5.97 Å². The van der Waals surface area contributed by atoms with Crippen molar-refractivity contribution < 1.29 is 9.53 Å². The lowest BCUT2D eigenvalue weighted by atomic mass is 10.2. The maximum Gasteiger partial charge on any atom is 0.307 e.